The lowest BCUT2D eigenvalue weighted by Crippen LogP contribution is -2.47. The first-order chi connectivity index (χ1) is 13.3. The molecule has 8 heteroatoms. The minimum absolute atomic E-state index is 0. The molecule has 1 aliphatic rings. The lowest BCUT2D eigenvalue weighted by atomic mass is 10.1. The van der Waals surface area contributed by atoms with Gasteiger partial charge in [-0.1, -0.05) is 23.7 Å². The molecule has 2 atom stereocenters. The molecule has 1 fully saturated rings. The number of nitrogens with one attached hydrogen (secondary N) is 2. The number of rotatable bonds is 7. The van der Waals surface area contributed by atoms with Gasteiger partial charge in [-0.05, 0) is 74.2 Å². The highest BCUT2D eigenvalue weighted by Gasteiger charge is 2.28. The third kappa shape index (κ3) is 6.71. The molecule has 0 heterocycles. The Kier molecular flexibility index (Phi) is 8.52. The van der Waals surface area contributed by atoms with Crippen LogP contribution in [-0.2, 0) is 16.3 Å². The zero-order valence-electron chi connectivity index (χ0n) is 16.2. The first-order valence-electron chi connectivity index (χ1n) is 9.42. The number of carbonyl (C=O) groups excluding carboxylic acids is 1. The van der Waals surface area contributed by atoms with Crippen LogP contribution in [0.1, 0.15) is 35.2 Å². The van der Waals surface area contributed by atoms with Crippen molar-refractivity contribution >= 4 is 39.8 Å². The van der Waals surface area contributed by atoms with Gasteiger partial charge in [0.2, 0.25) is 0 Å². The summed E-state index contributed by atoms with van der Waals surface area (Å²) in [5.41, 5.74) is 1.70. The van der Waals surface area contributed by atoms with Crippen LogP contribution in [0.2, 0.25) is 5.02 Å². The molecular weight excluding hydrogens is 431 g/mol. The van der Waals surface area contributed by atoms with Crippen molar-refractivity contribution in [3.8, 4) is 0 Å². The molecule has 0 spiro atoms. The Balaban J connectivity index is 0.00000300. The number of carbonyl (C=O) groups is 1. The molecular formula is C21H26Cl2N2O3S. The van der Waals surface area contributed by atoms with Gasteiger partial charge in [-0.25, -0.2) is 8.42 Å². The molecule has 0 saturated heterocycles. The Labute approximate surface area is 183 Å². The van der Waals surface area contributed by atoms with Crippen molar-refractivity contribution < 1.29 is 13.2 Å². The molecule has 1 aliphatic carbocycles. The number of hydrogen-bond acceptors (Lipinski definition) is 4. The molecule has 2 N–H and O–H groups in total. The van der Waals surface area contributed by atoms with Crippen molar-refractivity contribution in [1.29, 1.82) is 0 Å². The fourth-order valence-electron chi connectivity index (χ4n) is 3.54. The first kappa shape index (κ1) is 23.7. The van der Waals surface area contributed by atoms with Crippen LogP contribution in [0.15, 0.2) is 53.4 Å². The van der Waals surface area contributed by atoms with Crippen LogP contribution >= 0.6 is 24.0 Å². The number of hydrogen-bond donors (Lipinski definition) is 2. The van der Waals surface area contributed by atoms with Crippen LogP contribution in [0, 0.1) is 0 Å². The summed E-state index contributed by atoms with van der Waals surface area (Å²) >= 11 is 5.91. The summed E-state index contributed by atoms with van der Waals surface area (Å²) in [6.07, 6.45) is 5.09. The van der Waals surface area contributed by atoms with Gasteiger partial charge < -0.3 is 10.6 Å². The van der Waals surface area contributed by atoms with Gasteiger partial charge in [-0.3, -0.25) is 4.79 Å². The highest BCUT2D eigenvalue weighted by atomic mass is 35.5. The summed E-state index contributed by atoms with van der Waals surface area (Å²) < 4.78 is 23.1. The predicted octanol–water partition coefficient (Wildman–Crippen LogP) is 3.65. The molecule has 0 radical (unpaired) electrons. The number of halogens is 2. The van der Waals surface area contributed by atoms with Crippen LogP contribution in [0.5, 0.6) is 0 Å². The normalized spacial score (nSPS) is 18.8. The van der Waals surface area contributed by atoms with Gasteiger partial charge in [-0.15, -0.1) is 12.4 Å². The summed E-state index contributed by atoms with van der Waals surface area (Å²) in [4.78, 5) is 12.7. The van der Waals surface area contributed by atoms with E-state index in [-0.39, 0.29) is 35.3 Å². The Hall–Kier alpha value is -1.60. The molecule has 0 bridgehead atoms. The summed E-state index contributed by atoms with van der Waals surface area (Å²) in [7, 11) is -3.26. The van der Waals surface area contributed by atoms with E-state index in [1.165, 1.54) is 17.7 Å². The van der Waals surface area contributed by atoms with Crippen LogP contribution in [0.25, 0.3) is 0 Å². The highest BCUT2D eigenvalue weighted by Crippen LogP contribution is 2.20. The average Bonchev–Trinajstić information content (AvgIpc) is 3.10. The molecule has 0 aromatic heterocycles. The number of benzene rings is 2. The maximum absolute atomic E-state index is 12.5. The molecule has 5 nitrogen and oxygen atoms in total. The molecule has 3 rings (SSSR count). The van der Waals surface area contributed by atoms with Crippen LogP contribution in [0.3, 0.4) is 0 Å². The maximum atomic E-state index is 12.5. The van der Waals surface area contributed by atoms with Crippen LogP contribution in [-0.4, -0.2) is 39.2 Å². The first-order valence-corrected chi connectivity index (χ1v) is 11.7. The molecule has 2 aromatic carbocycles. The minimum atomic E-state index is -3.26. The second-order valence-electron chi connectivity index (χ2n) is 7.24. The van der Waals surface area contributed by atoms with E-state index in [4.69, 9.17) is 11.6 Å². The van der Waals surface area contributed by atoms with E-state index in [0.29, 0.717) is 5.56 Å². The van der Waals surface area contributed by atoms with Crippen molar-refractivity contribution in [2.75, 3.05) is 12.8 Å². The van der Waals surface area contributed by atoms with E-state index in [1.807, 2.05) is 24.3 Å². The van der Waals surface area contributed by atoms with Crippen molar-refractivity contribution in [2.45, 2.75) is 42.7 Å². The van der Waals surface area contributed by atoms with Gasteiger partial charge in [0.05, 0.1) is 4.90 Å². The van der Waals surface area contributed by atoms with Crippen LogP contribution in [0.4, 0.5) is 0 Å². The molecule has 0 unspecified atom stereocenters. The maximum Gasteiger partial charge on any atom is 0.251 e. The largest absolute Gasteiger partial charge is 0.348 e. The molecule has 1 amide bonds. The summed E-state index contributed by atoms with van der Waals surface area (Å²) in [6.45, 7) is 0.835. The van der Waals surface area contributed by atoms with Gasteiger partial charge in [0.25, 0.3) is 5.91 Å². The Morgan fingerprint density at radius 2 is 1.66 bits per heavy atom. The van der Waals surface area contributed by atoms with E-state index < -0.39 is 9.84 Å². The van der Waals surface area contributed by atoms with E-state index in [0.717, 1.165) is 43.5 Å². The summed E-state index contributed by atoms with van der Waals surface area (Å²) in [6, 6.07) is 14.2. The second kappa shape index (κ2) is 10.4. The van der Waals surface area contributed by atoms with E-state index in [1.54, 1.807) is 12.1 Å². The SMILES string of the molecule is CS(=O)(=O)c1ccc(C(=O)N[C@@H]2CCC[C@H]2NCCc2ccc(Cl)cc2)cc1.Cl. The van der Waals surface area contributed by atoms with Crippen molar-refractivity contribution in [3.63, 3.8) is 0 Å². The average molecular weight is 457 g/mol. The molecule has 2 aromatic rings. The quantitative estimate of drug-likeness (QED) is 0.666. The van der Waals surface area contributed by atoms with Crippen molar-refractivity contribution in [3.05, 3.63) is 64.7 Å². The second-order valence-corrected chi connectivity index (χ2v) is 9.70. The number of amides is 1. The van der Waals surface area contributed by atoms with Gasteiger partial charge >= 0.3 is 0 Å². The zero-order valence-corrected chi connectivity index (χ0v) is 18.6. The van der Waals surface area contributed by atoms with Crippen molar-refractivity contribution in [1.82, 2.24) is 10.6 Å². The van der Waals surface area contributed by atoms with E-state index >= 15 is 0 Å². The fourth-order valence-corrected chi connectivity index (χ4v) is 4.29. The third-order valence-electron chi connectivity index (χ3n) is 5.11. The lowest BCUT2D eigenvalue weighted by Gasteiger charge is -2.22. The van der Waals surface area contributed by atoms with E-state index in [9.17, 15) is 13.2 Å². The van der Waals surface area contributed by atoms with Gasteiger partial charge in [0.1, 0.15) is 0 Å². The van der Waals surface area contributed by atoms with E-state index in [2.05, 4.69) is 10.6 Å². The van der Waals surface area contributed by atoms with Crippen molar-refractivity contribution in [2.24, 2.45) is 0 Å². The third-order valence-corrected chi connectivity index (χ3v) is 6.49. The summed E-state index contributed by atoms with van der Waals surface area (Å²) in [5, 5.41) is 7.38. The lowest BCUT2D eigenvalue weighted by molar-refractivity contribution is 0.0931. The van der Waals surface area contributed by atoms with Gasteiger partial charge in [-0.2, -0.15) is 0 Å². The standard InChI is InChI=1S/C21H25ClN2O3S.ClH/c1-28(26,27)18-11-7-16(8-12-18)21(25)24-20-4-2-3-19(20)23-14-13-15-5-9-17(22)10-6-15;/h5-12,19-20,23H,2-4,13-14H2,1H3,(H,24,25);1H/t19-,20-;/m1./s1. The molecule has 29 heavy (non-hydrogen) atoms. The predicted molar refractivity (Wildman–Crippen MR) is 119 cm³/mol. The Morgan fingerprint density at radius 1 is 1.03 bits per heavy atom. The molecule has 1 saturated carbocycles. The Bertz CT molecular complexity index is 916. The van der Waals surface area contributed by atoms with Gasteiger partial charge in [0.15, 0.2) is 9.84 Å². The monoisotopic (exact) mass is 456 g/mol. The summed E-state index contributed by atoms with van der Waals surface area (Å²) in [5.74, 6) is -0.170. The zero-order chi connectivity index (χ0) is 20.1. The topological polar surface area (TPSA) is 75.3 Å². The van der Waals surface area contributed by atoms with Crippen LogP contribution < -0.4 is 10.6 Å². The Morgan fingerprint density at radius 3 is 2.28 bits per heavy atom. The fraction of sp³-hybridized carbons (Fsp3) is 0.381. The molecule has 0 aliphatic heterocycles. The molecule has 158 valence electrons. The van der Waals surface area contributed by atoms with Gasteiger partial charge in [0, 0.05) is 28.9 Å². The highest BCUT2D eigenvalue weighted by molar-refractivity contribution is 7.90. The number of sulfone groups is 1. The smallest absolute Gasteiger partial charge is 0.251 e. The minimum Gasteiger partial charge on any atom is -0.348 e.